The van der Waals surface area contributed by atoms with Gasteiger partial charge in [-0.05, 0) is 35.7 Å². The van der Waals surface area contributed by atoms with Crippen molar-refractivity contribution in [3.8, 4) is 0 Å². The van der Waals surface area contributed by atoms with Gasteiger partial charge in [0.2, 0.25) is 0 Å². The molecule has 0 saturated heterocycles. The van der Waals surface area contributed by atoms with Crippen LogP contribution >= 0.6 is 0 Å². The molecule has 0 bridgehead atoms. The molecule has 1 aliphatic rings. The van der Waals surface area contributed by atoms with Crippen molar-refractivity contribution in [2.75, 3.05) is 20.3 Å². The van der Waals surface area contributed by atoms with Crippen molar-refractivity contribution in [1.82, 2.24) is 5.32 Å². The summed E-state index contributed by atoms with van der Waals surface area (Å²) in [7, 11) is 2.02. The number of hydrogen-bond acceptors (Lipinski definition) is 2. The lowest BCUT2D eigenvalue weighted by Gasteiger charge is -2.25. The molecular formula is C19H25NO. The Balaban J connectivity index is 1.63. The van der Waals surface area contributed by atoms with E-state index in [4.69, 9.17) is 4.74 Å². The summed E-state index contributed by atoms with van der Waals surface area (Å²) in [5.74, 6) is 0.926. The molecule has 112 valence electrons. The summed E-state index contributed by atoms with van der Waals surface area (Å²) in [4.78, 5) is 0. The van der Waals surface area contributed by atoms with Crippen LogP contribution in [0.1, 0.15) is 37.3 Å². The molecule has 0 radical (unpaired) electrons. The summed E-state index contributed by atoms with van der Waals surface area (Å²) >= 11 is 0. The smallest absolute Gasteiger partial charge is 0.0661 e. The number of hydrogen-bond donors (Lipinski definition) is 1. The number of benzene rings is 2. The lowest BCUT2D eigenvalue weighted by Crippen LogP contribution is -2.23. The largest absolute Gasteiger partial charge is 0.379 e. The maximum Gasteiger partial charge on any atom is 0.0661 e. The Kier molecular flexibility index (Phi) is 4.89. The van der Waals surface area contributed by atoms with Crippen LogP contribution in [0.2, 0.25) is 0 Å². The van der Waals surface area contributed by atoms with Crippen molar-refractivity contribution in [3.05, 3.63) is 48.0 Å². The van der Waals surface area contributed by atoms with Gasteiger partial charge in [0, 0.05) is 6.61 Å². The molecule has 0 spiro atoms. The van der Waals surface area contributed by atoms with Gasteiger partial charge >= 0.3 is 0 Å². The molecule has 1 aliphatic carbocycles. The maximum absolute atomic E-state index is 5.93. The van der Waals surface area contributed by atoms with Gasteiger partial charge in [-0.15, -0.1) is 0 Å². The quantitative estimate of drug-likeness (QED) is 0.765. The van der Waals surface area contributed by atoms with Crippen molar-refractivity contribution in [3.63, 3.8) is 0 Å². The average Bonchev–Trinajstić information content (AvgIpc) is 2.49. The van der Waals surface area contributed by atoms with Gasteiger partial charge in [0.25, 0.3) is 0 Å². The highest BCUT2D eigenvalue weighted by molar-refractivity contribution is 5.86. The normalized spacial score (nSPS) is 16.8. The van der Waals surface area contributed by atoms with E-state index in [9.17, 15) is 0 Å². The zero-order chi connectivity index (χ0) is 14.5. The summed E-state index contributed by atoms with van der Waals surface area (Å²) in [5.41, 5.74) is 1.33. The van der Waals surface area contributed by atoms with E-state index in [1.807, 2.05) is 7.05 Å². The summed E-state index contributed by atoms with van der Waals surface area (Å²) in [6.45, 7) is 1.64. The second-order valence-corrected chi connectivity index (χ2v) is 6.07. The molecule has 3 rings (SSSR count). The number of ether oxygens (including phenoxy) is 1. The number of fused-ring (bicyclic) bond motifs is 1. The first kappa shape index (κ1) is 14.6. The third-order valence-electron chi connectivity index (χ3n) is 4.73. The first-order valence-electron chi connectivity index (χ1n) is 8.11. The van der Waals surface area contributed by atoms with Crippen LogP contribution < -0.4 is 5.32 Å². The van der Waals surface area contributed by atoms with Crippen molar-refractivity contribution >= 4 is 10.8 Å². The zero-order valence-electron chi connectivity index (χ0n) is 12.8. The Morgan fingerprint density at radius 2 is 1.95 bits per heavy atom. The molecular weight excluding hydrogens is 258 g/mol. The van der Waals surface area contributed by atoms with Crippen LogP contribution in [-0.4, -0.2) is 20.3 Å². The Hall–Kier alpha value is -1.38. The molecule has 1 N–H and O–H groups in total. The van der Waals surface area contributed by atoms with Gasteiger partial charge in [0.15, 0.2) is 0 Å². The summed E-state index contributed by atoms with van der Waals surface area (Å²) in [5, 5.41) is 6.02. The zero-order valence-corrected chi connectivity index (χ0v) is 12.8. The van der Waals surface area contributed by atoms with Crippen molar-refractivity contribution in [2.24, 2.45) is 5.92 Å². The maximum atomic E-state index is 5.93. The topological polar surface area (TPSA) is 21.3 Å². The van der Waals surface area contributed by atoms with Gasteiger partial charge in [0.05, 0.1) is 12.6 Å². The fourth-order valence-corrected chi connectivity index (χ4v) is 3.12. The molecule has 21 heavy (non-hydrogen) atoms. The van der Waals surface area contributed by atoms with Crippen LogP contribution in [0.25, 0.3) is 10.8 Å². The molecule has 1 unspecified atom stereocenters. The van der Waals surface area contributed by atoms with E-state index in [0.717, 1.165) is 19.1 Å². The Morgan fingerprint density at radius 3 is 2.71 bits per heavy atom. The molecule has 1 fully saturated rings. The van der Waals surface area contributed by atoms with E-state index in [2.05, 4.69) is 47.8 Å². The Morgan fingerprint density at radius 1 is 1.14 bits per heavy atom. The lowest BCUT2D eigenvalue weighted by atomic mass is 9.83. The highest BCUT2D eigenvalue weighted by Gasteiger charge is 2.17. The molecule has 2 nitrogen and oxygen atoms in total. The molecule has 0 aromatic heterocycles. The Labute approximate surface area is 127 Å². The summed E-state index contributed by atoms with van der Waals surface area (Å²) in [6.07, 6.45) is 5.45. The first-order valence-corrected chi connectivity index (χ1v) is 8.11. The fourth-order valence-electron chi connectivity index (χ4n) is 3.12. The van der Waals surface area contributed by atoms with Gasteiger partial charge in [-0.3, -0.25) is 0 Å². The van der Waals surface area contributed by atoms with Gasteiger partial charge in [0.1, 0.15) is 0 Å². The minimum Gasteiger partial charge on any atom is -0.379 e. The highest BCUT2D eigenvalue weighted by Crippen LogP contribution is 2.29. The number of rotatable bonds is 7. The van der Waals surface area contributed by atoms with Gasteiger partial charge in [-0.1, -0.05) is 61.7 Å². The minimum absolute atomic E-state index is 0.262. The second kappa shape index (κ2) is 7.06. The summed E-state index contributed by atoms with van der Waals surface area (Å²) in [6, 6.07) is 15.3. The van der Waals surface area contributed by atoms with Crippen LogP contribution in [0.5, 0.6) is 0 Å². The van der Waals surface area contributed by atoms with E-state index in [-0.39, 0.29) is 6.04 Å². The number of nitrogens with one attached hydrogen (secondary N) is 1. The molecule has 0 heterocycles. The molecule has 0 aliphatic heterocycles. The monoisotopic (exact) mass is 283 g/mol. The van der Waals surface area contributed by atoms with E-state index in [0.29, 0.717) is 0 Å². The molecule has 2 aromatic rings. The molecule has 0 amide bonds. The summed E-state index contributed by atoms with van der Waals surface area (Å²) < 4.78 is 5.93. The highest BCUT2D eigenvalue weighted by atomic mass is 16.5. The predicted molar refractivity (Wildman–Crippen MR) is 88.5 cm³/mol. The van der Waals surface area contributed by atoms with Crippen LogP contribution in [0.4, 0.5) is 0 Å². The van der Waals surface area contributed by atoms with E-state index >= 15 is 0 Å². The van der Waals surface area contributed by atoms with E-state index in [1.165, 1.54) is 42.0 Å². The fraction of sp³-hybridized carbons (Fsp3) is 0.474. The van der Waals surface area contributed by atoms with Gasteiger partial charge in [-0.2, -0.15) is 0 Å². The molecule has 1 atom stereocenters. The first-order chi connectivity index (χ1) is 10.4. The lowest BCUT2D eigenvalue weighted by molar-refractivity contribution is 0.0907. The second-order valence-electron chi connectivity index (χ2n) is 6.07. The average molecular weight is 283 g/mol. The predicted octanol–water partition coefficient (Wildman–Crippen LogP) is 4.31. The molecule has 2 aromatic carbocycles. The van der Waals surface area contributed by atoms with Crippen molar-refractivity contribution < 1.29 is 4.74 Å². The van der Waals surface area contributed by atoms with Crippen molar-refractivity contribution in [2.45, 2.75) is 31.7 Å². The van der Waals surface area contributed by atoms with Crippen LogP contribution in [-0.2, 0) is 4.74 Å². The Bertz CT molecular complexity index is 571. The molecule has 2 heteroatoms. The third kappa shape index (κ3) is 3.45. The van der Waals surface area contributed by atoms with Crippen LogP contribution in [0, 0.1) is 5.92 Å². The van der Waals surface area contributed by atoms with Crippen LogP contribution in [0.15, 0.2) is 42.5 Å². The van der Waals surface area contributed by atoms with E-state index < -0.39 is 0 Å². The SMILES string of the molecule is CNC(COCCC1CCC1)c1cccc2ccccc12. The van der Waals surface area contributed by atoms with Crippen LogP contribution in [0.3, 0.4) is 0 Å². The van der Waals surface area contributed by atoms with Gasteiger partial charge in [-0.25, -0.2) is 0 Å². The molecule has 1 saturated carbocycles. The third-order valence-corrected chi connectivity index (χ3v) is 4.73. The standard InChI is InChI=1S/C19H25NO/c1-20-19(14-21-13-12-15-6-4-7-15)18-11-5-9-16-8-2-3-10-17(16)18/h2-3,5,8-11,15,19-20H,4,6-7,12-14H2,1H3. The van der Waals surface area contributed by atoms with Gasteiger partial charge < -0.3 is 10.1 Å². The number of likely N-dealkylation sites (N-methyl/N-ethyl adjacent to an activating group) is 1. The van der Waals surface area contributed by atoms with E-state index in [1.54, 1.807) is 0 Å². The van der Waals surface area contributed by atoms with Crippen molar-refractivity contribution in [1.29, 1.82) is 0 Å². The minimum atomic E-state index is 0.262.